The molecule has 0 saturated carbocycles. The number of nitrogens with zero attached hydrogens (tertiary/aromatic N) is 1. The summed E-state index contributed by atoms with van der Waals surface area (Å²) in [4.78, 5) is 26.7. The van der Waals surface area contributed by atoms with Gasteiger partial charge in [-0.25, -0.2) is 0 Å². The van der Waals surface area contributed by atoms with Crippen molar-refractivity contribution in [3.8, 4) is 0 Å². The van der Waals surface area contributed by atoms with E-state index in [9.17, 15) is 9.59 Å². The SMILES string of the molecule is CCSCCN1C(=O)C(C(C)C)NC(=O)C1(C)CC. The molecule has 0 bridgehead atoms. The molecule has 1 rings (SSSR count). The summed E-state index contributed by atoms with van der Waals surface area (Å²) in [5, 5.41) is 2.89. The zero-order chi connectivity index (χ0) is 14.6. The van der Waals surface area contributed by atoms with Gasteiger partial charge in [0.1, 0.15) is 11.6 Å². The summed E-state index contributed by atoms with van der Waals surface area (Å²) in [7, 11) is 0. The molecule has 2 unspecified atom stereocenters. The highest BCUT2D eigenvalue weighted by Gasteiger charge is 2.48. The maximum absolute atomic E-state index is 12.6. The van der Waals surface area contributed by atoms with E-state index >= 15 is 0 Å². The van der Waals surface area contributed by atoms with Gasteiger partial charge in [-0.1, -0.05) is 27.7 Å². The summed E-state index contributed by atoms with van der Waals surface area (Å²) in [5.41, 5.74) is -0.698. The van der Waals surface area contributed by atoms with Crippen LogP contribution in [0.2, 0.25) is 0 Å². The lowest BCUT2D eigenvalue weighted by atomic mass is 9.88. The van der Waals surface area contributed by atoms with Crippen LogP contribution >= 0.6 is 11.8 Å². The van der Waals surface area contributed by atoms with E-state index in [1.165, 1.54) is 0 Å². The maximum atomic E-state index is 12.6. The molecule has 2 amide bonds. The minimum Gasteiger partial charge on any atom is -0.342 e. The highest BCUT2D eigenvalue weighted by molar-refractivity contribution is 7.99. The Hall–Kier alpha value is -0.710. The molecule has 0 spiro atoms. The predicted octanol–water partition coefficient (Wildman–Crippen LogP) is 1.89. The van der Waals surface area contributed by atoms with Crippen molar-refractivity contribution in [2.24, 2.45) is 5.92 Å². The van der Waals surface area contributed by atoms with Gasteiger partial charge >= 0.3 is 0 Å². The van der Waals surface area contributed by atoms with Gasteiger partial charge in [-0.15, -0.1) is 0 Å². The van der Waals surface area contributed by atoms with Crippen LogP contribution in [0.1, 0.15) is 41.0 Å². The zero-order valence-electron chi connectivity index (χ0n) is 12.7. The van der Waals surface area contributed by atoms with Gasteiger partial charge in [0.05, 0.1) is 0 Å². The first-order valence-electron chi connectivity index (χ1n) is 7.08. The molecule has 1 fully saturated rings. The first-order valence-corrected chi connectivity index (χ1v) is 8.24. The van der Waals surface area contributed by atoms with E-state index in [1.54, 1.807) is 16.7 Å². The Morgan fingerprint density at radius 2 is 2.00 bits per heavy atom. The van der Waals surface area contributed by atoms with E-state index in [0.29, 0.717) is 13.0 Å². The number of hydrogen-bond donors (Lipinski definition) is 1. The van der Waals surface area contributed by atoms with E-state index in [0.717, 1.165) is 11.5 Å². The predicted molar refractivity (Wildman–Crippen MR) is 80.2 cm³/mol. The Morgan fingerprint density at radius 1 is 1.37 bits per heavy atom. The average molecular weight is 286 g/mol. The van der Waals surface area contributed by atoms with Crippen LogP contribution in [0, 0.1) is 5.92 Å². The Labute approximate surface area is 120 Å². The fraction of sp³-hybridized carbons (Fsp3) is 0.857. The van der Waals surface area contributed by atoms with Gasteiger partial charge in [0.15, 0.2) is 0 Å². The van der Waals surface area contributed by atoms with E-state index in [4.69, 9.17) is 0 Å². The second-order valence-corrected chi connectivity index (χ2v) is 6.90. The van der Waals surface area contributed by atoms with E-state index in [2.05, 4.69) is 12.2 Å². The third-order valence-corrected chi connectivity index (χ3v) is 4.80. The topological polar surface area (TPSA) is 49.4 Å². The lowest BCUT2D eigenvalue weighted by Gasteiger charge is -2.46. The molecule has 0 aliphatic carbocycles. The molecule has 0 aromatic carbocycles. The van der Waals surface area contributed by atoms with Gasteiger partial charge in [-0.05, 0) is 25.0 Å². The number of rotatable bonds is 6. The number of nitrogens with one attached hydrogen (secondary N) is 1. The molecule has 2 atom stereocenters. The average Bonchev–Trinajstić information content (AvgIpc) is 2.37. The number of piperazine rings is 1. The third-order valence-electron chi connectivity index (χ3n) is 3.92. The fourth-order valence-corrected chi connectivity index (χ4v) is 2.95. The number of carbonyl (C=O) groups is 2. The van der Waals surface area contributed by atoms with Gasteiger partial charge in [0.2, 0.25) is 11.8 Å². The molecule has 0 aromatic rings. The van der Waals surface area contributed by atoms with Crippen molar-refractivity contribution in [3.63, 3.8) is 0 Å². The molecule has 0 radical (unpaired) electrons. The minimum absolute atomic E-state index is 0.0187. The Kier molecular flexibility index (Phi) is 5.71. The Morgan fingerprint density at radius 3 is 2.47 bits per heavy atom. The van der Waals surface area contributed by atoms with Crippen molar-refractivity contribution in [1.29, 1.82) is 0 Å². The molecule has 1 aliphatic heterocycles. The summed E-state index contributed by atoms with van der Waals surface area (Å²) in [6.07, 6.45) is 0.645. The number of amides is 2. The molecule has 110 valence electrons. The summed E-state index contributed by atoms with van der Waals surface area (Å²) in [6.45, 7) is 10.5. The molecule has 5 heteroatoms. The fourth-order valence-electron chi connectivity index (χ4n) is 2.35. The van der Waals surface area contributed by atoms with E-state index in [1.807, 2.05) is 27.7 Å². The van der Waals surface area contributed by atoms with Crippen LogP contribution in [0.25, 0.3) is 0 Å². The van der Waals surface area contributed by atoms with Crippen LogP contribution < -0.4 is 5.32 Å². The second kappa shape index (κ2) is 6.64. The van der Waals surface area contributed by atoms with Crippen LogP contribution in [-0.2, 0) is 9.59 Å². The zero-order valence-corrected chi connectivity index (χ0v) is 13.5. The van der Waals surface area contributed by atoms with E-state index < -0.39 is 5.54 Å². The molecule has 4 nitrogen and oxygen atoms in total. The van der Waals surface area contributed by atoms with Gasteiger partial charge in [-0.2, -0.15) is 11.8 Å². The minimum atomic E-state index is -0.698. The van der Waals surface area contributed by atoms with Crippen LogP contribution in [0.5, 0.6) is 0 Å². The molecular weight excluding hydrogens is 260 g/mol. The van der Waals surface area contributed by atoms with Gasteiger partial charge in [0.25, 0.3) is 0 Å². The highest BCUT2D eigenvalue weighted by atomic mass is 32.2. The van der Waals surface area contributed by atoms with E-state index in [-0.39, 0.29) is 23.8 Å². The second-order valence-electron chi connectivity index (χ2n) is 5.51. The number of thioether (sulfide) groups is 1. The Bertz CT molecular complexity index is 346. The van der Waals surface area contributed by atoms with Crippen LogP contribution in [0.15, 0.2) is 0 Å². The quantitative estimate of drug-likeness (QED) is 0.759. The Balaban J connectivity index is 2.94. The van der Waals surface area contributed by atoms with Crippen LogP contribution in [0.4, 0.5) is 0 Å². The van der Waals surface area contributed by atoms with Crippen molar-refractivity contribution in [3.05, 3.63) is 0 Å². The lowest BCUT2D eigenvalue weighted by Crippen LogP contribution is -2.70. The molecule has 0 aromatic heterocycles. The smallest absolute Gasteiger partial charge is 0.246 e. The maximum Gasteiger partial charge on any atom is 0.246 e. The largest absolute Gasteiger partial charge is 0.342 e. The summed E-state index contributed by atoms with van der Waals surface area (Å²) >= 11 is 1.80. The van der Waals surface area contributed by atoms with Gasteiger partial charge in [-0.3, -0.25) is 9.59 Å². The van der Waals surface area contributed by atoms with Gasteiger partial charge in [0, 0.05) is 12.3 Å². The van der Waals surface area contributed by atoms with Crippen LogP contribution in [0.3, 0.4) is 0 Å². The normalized spacial score (nSPS) is 27.9. The molecule has 1 aliphatic rings. The third kappa shape index (κ3) is 3.25. The van der Waals surface area contributed by atoms with Crippen molar-refractivity contribution in [2.45, 2.75) is 52.6 Å². The molecule has 1 N–H and O–H groups in total. The summed E-state index contributed by atoms with van der Waals surface area (Å²) < 4.78 is 0. The molecule has 1 heterocycles. The first kappa shape index (κ1) is 16.3. The monoisotopic (exact) mass is 286 g/mol. The van der Waals surface area contributed by atoms with Crippen molar-refractivity contribution in [1.82, 2.24) is 10.2 Å². The van der Waals surface area contributed by atoms with Gasteiger partial charge < -0.3 is 10.2 Å². The molecular formula is C14H26N2O2S. The van der Waals surface area contributed by atoms with Crippen molar-refractivity contribution in [2.75, 3.05) is 18.1 Å². The summed E-state index contributed by atoms with van der Waals surface area (Å²) in [6, 6.07) is -0.376. The van der Waals surface area contributed by atoms with Crippen LogP contribution in [-0.4, -0.2) is 46.3 Å². The highest BCUT2D eigenvalue weighted by Crippen LogP contribution is 2.27. The molecule has 19 heavy (non-hydrogen) atoms. The lowest BCUT2D eigenvalue weighted by molar-refractivity contribution is -0.157. The summed E-state index contributed by atoms with van der Waals surface area (Å²) in [5.74, 6) is 2.09. The molecule has 1 saturated heterocycles. The number of carbonyl (C=O) groups excluding carboxylic acids is 2. The standard InChI is InChI=1S/C14H26N2O2S/c1-6-14(5)13(18)15-11(10(3)4)12(17)16(14)8-9-19-7-2/h10-11H,6-9H2,1-5H3,(H,15,18). The van der Waals surface area contributed by atoms with Crippen molar-refractivity contribution < 1.29 is 9.59 Å². The first-order chi connectivity index (χ1) is 8.88. The van der Waals surface area contributed by atoms with Crippen molar-refractivity contribution >= 4 is 23.6 Å². The number of hydrogen-bond acceptors (Lipinski definition) is 3.